The van der Waals surface area contributed by atoms with Crippen molar-refractivity contribution in [1.29, 1.82) is 0 Å². The van der Waals surface area contributed by atoms with Gasteiger partial charge in [-0.2, -0.15) is 0 Å². The van der Waals surface area contributed by atoms with Gasteiger partial charge in [0.25, 0.3) is 0 Å². The molecule has 0 radical (unpaired) electrons. The van der Waals surface area contributed by atoms with Crippen molar-refractivity contribution in [2.24, 2.45) is 0 Å². The standard InChI is InChI=1S/C10H12O4/c1-6(11)7-4-5-8(13-2)10(14-3)9(7)12/h4-5,12H,1-3H3. The normalized spacial score (nSPS) is 9.64. The molecule has 0 fully saturated rings. The average Bonchev–Trinajstić information content (AvgIpc) is 2.16. The maximum Gasteiger partial charge on any atom is 0.203 e. The van der Waals surface area contributed by atoms with Gasteiger partial charge in [0, 0.05) is 0 Å². The lowest BCUT2D eigenvalue weighted by Gasteiger charge is -2.10. The summed E-state index contributed by atoms with van der Waals surface area (Å²) in [4.78, 5) is 11.1. The Kier molecular flexibility index (Phi) is 2.96. The number of carbonyl (C=O) groups is 1. The van der Waals surface area contributed by atoms with Crippen molar-refractivity contribution in [3.63, 3.8) is 0 Å². The first-order chi connectivity index (χ1) is 6.61. The molecule has 0 spiro atoms. The van der Waals surface area contributed by atoms with Gasteiger partial charge in [0.1, 0.15) is 0 Å². The van der Waals surface area contributed by atoms with Crippen LogP contribution in [0.25, 0.3) is 0 Å². The molecule has 4 heteroatoms. The van der Waals surface area contributed by atoms with Gasteiger partial charge in [-0.3, -0.25) is 4.79 Å². The third-order valence-electron chi connectivity index (χ3n) is 1.90. The van der Waals surface area contributed by atoms with E-state index in [0.29, 0.717) is 5.75 Å². The minimum atomic E-state index is -0.219. The topological polar surface area (TPSA) is 55.8 Å². The van der Waals surface area contributed by atoms with E-state index in [1.807, 2.05) is 0 Å². The van der Waals surface area contributed by atoms with Crippen LogP contribution in [0.1, 0.15) is 17.3 Å². The highest BCUT2D eigenvalue weighted by atomic mass is 16.5. The Balaban J connectivity index is 3.34. The van der Waals surface area contributed by atoms with Gasteiger partial charge in [-0.05, 0) is 19.1 Å². The van der Waals surface area contributed by atoms with E-state index in [1.54, 1.807) is 6.07 Å². The molecule has 0 saturated carbocycles. The quantitative estimate of drug-likeness (QED) is 0.746. The number of phenols is 1. The first-order valence-corrected chi connectivity index (χ1v) is 4.06. The van der Waals surface area contributed by atoms with Crippen LogP contribution in [-0.4, -0.2) is 25.1 Å². The van der Waals surface area contributed by atoms with Gasteiger partial charge in [0.2, 0.25) is 5.75 Å². The molecule has 0 aliphatic rings. The summed E-state index contributed by atoms with van der Waals surface area (Å²) in [6.45, 7) is 1.38. The number of hydrogen-bond acceptors (Lipinski definition) is 4. The van der Waals surface area contributed by atoms with Crippen molar-refractivity contribution in [3.8, 4) is 17.2 Å². The number of aromatic hydroxyl groups is 1. The largest absolute Gasteiger partial charge is 0.504 e. The molecule has 76 valence electrons. The Labute approximate surface area is 82.1 Å². The van der Waals surface area contributed by atoms with Crippen LogP contribution < -0.4 is 9.47 Å². The second-order valence-electron chi connectivity index (χ2n) is 2.75. The summed E-state index contributed by atoms with van der Waals surface area (Å²) in [6.07, 6.45) is 0. The minimum absolute atomic E-state index is 0.181. The monoisotopic (exact) mass is 196 g/mol. The van der Waals surface area contributed by atoms with Crippen LogP contribution in [0.3, 0.4) is 0 Å². The highest BCUT2D eigenvalue weighted by Gasteiger charge is 2.15. The molecule has 1 rings (SSSR count). The van der Waals surface area contributed by atoms with E-state index in [1.165, 1.54) is 27.2 Å². The van der Waals surface area contributed by atoms with Crippen molar-refractivity contribution in [2.45, 2.75) is 6.92 Å². The lowest BCUT2D eigenvalue weighted by molar-refractivity contribution is 0.101. The maximum atomic E-state index is 11.1. The summed E-state index contributed by atoms with van der Waals surface area (Å²) >= 11 is 0. The van der Waals surface area contributed by atoms with Gasteiger partial charge in [0.15, 0.2) is 17.3 Å². The summed E-state index contributed by atoms with van der Waals surface area (Å²) in [5.74, 6) is 0.179. The molecule has 1 aromatic rings. The molecule has 0 aliphatic carbocycles. The highest BCUT2D eigenvalue weighted by Crippen LogP contribution is 2.38. The second kappa shape index (κ2) is 4.00. The van der Waals surface area contributed by atoms with Crippen molar-refractivity contribution in [2.75, 3.05) is 14.2 Å². The number of benzene rings is 1. The van der Waals surface area contributed by atoms with Gasteiger partial charge >= 0.3 is 0 Å². The van der Waals surface area contributed by atoms with Gasteiger partial charge in [-0.25, -0.2) is 0 Å². The number of methoxy groups -OCH3 is 2. The van der Waals surface area contributed by atoms with Crippen molar-refractivity contribution >= 4 is 5.78 Å². The molecule has 0 heterocycles. The summed E-state index contributed by atoms with van der Waals surface area (Å²) < 4.78 is 9.89. The van der Waals surface area contributed by atoms with Gasteiger partial charge in [-0.1, -0.05) is 0 Å². The molecule has 1 aromatic carbocycles. The fraction of sp³-hybridized carbons (Fsp3) is 0.300. The zero-order chi connectivity index (χ0) is 10.7. The lowest BCUT2D eigenvalue weighted by Crippen LogP contribution is -1.97. The zero-order valence-electron chi connectivity index (χ0n) is 8.33. The van der Waals surface area contributed by atoms with E-state index in [2.05, 4.69) is 0 Å². The molecule has 0 aromatic heterocycles. The molecule has 0 saturated heterocycles. The Bertz CT molecular complexity index is 357. The van der Waals surface area contributed by atoms with E-state index in [-0.39, 0.29) is 22.8 Å². The maximum absolute atomic E-state index is 11.1. The predicted molar refractivity (Wildman–Crippen MR) is 51.2 cm³/mol. The van der Waals surface area contributed by atoms with Crippen molar-refractivity contribution in [3.05, 3.63) is 17.7 Å². The number of hydrogen-bond donors (Lipinski definition) is 1. The summed E-state index contributed by atoms with van der Waals surface area (Å²) in [5, 5.41) is 9.65. The lowest BCUT2D eigenvalue weighted by atomic mass is 10.1. The van der Waals surface area contributed by atoms with E-state index in [0.717, 1.165) is 0 Å². The van der Waals surface area contributed by atoms with Gasteiger partial charge in [0.05, 0.1) is 19.8 Å². The number of phenolic OH excluding ortho intramolecular Hbond substituents is 1. The average molecular weight is 196 g/mol. The Morgan fingerprint density at radius 2 is 1.93 bits per heavy atom. The molecule has 0 aliphatic heterocycles. The first-order valence-electron chi connectivity index (χ1n) is 4.06. The number of ketones is 1. The molecule has 0 unspecified atom stereocenters. The number of carbonyl (C=O) groups excluding carboxylic acids is 1. The minimum Gasteiger partial charge on any atom is -0.504 e. The fourth-order valence-electron chi connectivity index (χ4n) is 1.19. The molecular formula is C10H12O4. The number of rotatable bonds is 3. The van der Waals surface area contributed by atoms with E-state index < -0.39 is 0 Å². The number of Topliss-reactive ketones (excluding diaryl/α,β-unsaturated/α-hetero) is 1. The highest BCUT2D eigenvalue weighted by molar-refractivity contribution is 5.98. The Morgan fingerprint density at radius 1 is 1.29 bits per heavy atom. The summed E-state index contributed by atoms with van der Waals surface area (Å²) in [6, 6.07) is 3.08. The van der Waals surface area contributed by atoms with E-state index in [9.17, 15) is 9.90 Å². The van der Waals surface area contributed by atoms with Crippen LogP contribution in [0.2, 0.25) is 0 Å². The van der Waals surface area contributed by atoms with Gasteiger partial charge < -0.3 is 14.6 Å². The first kappa shape index (κ1) is 10.4. The van der Waals surface area contributed by atoms with E-state index in [4.69, 9.17) is 9.47 Å². The molecule has 0 atom stereocenters. The summed E-state index contributed by atoms with van der Waals surface area (Å²) in [7, 11) is 2.87. The van der Waals surface area contributed by atoms with Crippen LogP contribution in [0.4, 0.5) is 0 Å². The molecule has 1 N–H and O–H groups in total. The Hall–Kier alpha value is -1.71. The second-order valence-corrected chi connectivity index (χ2v) is 2.75. The van der Waals surface area contributed by atoms with E-state index >= 15 is 0 Å². The van der Waals surface area contributed by atoms with Crippen LogP contribution in [0.5, 0.6) is 17.2 Å². The number of ether oxygens (including phenoxy) is 2. The predicted octanol–water partition coefficient (Wildman–Crippen LogP) is 1.61. The zero-order valence-corrected chi connectivity index (χ0v) is 8.33. The van der Waals surface area contributed by atoms with Crippen molar-refractivity contribution in [1.82, 2.24) is 0 Å². The van der Waals surface area contributed by atoms with Crippen molar-refractivity contribution < 1.29 is 19.4 Å². The SMILES string of the molecule is COc1ccc(C(C)=O)c(O)c1OC. The summed E-state index contributed by atoms with van der Waals surface area (Å²) in [5.41, 5.74) is 0.225. The van der Waals surface area contributed by atoms with Crippen LogP contribution >= 0.6 is 0 Å². The molecular weight excluding hydrogens is 184 g/mol. The Morgan fingerprint density at radius 3 is 2.36 bits per heavy atom. The molecule has 14 heavy (non-hydrogen) atoms. The van der Waals surface area contributed by atoms with Crippen LogP contribution in [-0.2, 0) is 0 Å². The third-order valence-corrected chi connectivity index (χ3v) is 1.90. The third kappa shape index (κ3) is 1.64. The van der Waals surface area contributed by atoms with Crippen LogP contribution in [0.15, 0.2) is 12.1 Å². The van der Waals surface area contributed by atoms with Crippen LogP contribution in [0, 0.1) is 0 Å². The molecule has 0 amide bonds. The molecule has 0 bridgehead atoms. The molecule has 4 nitrogen and oxygen atoms in total. The van der Waals surface area contributed by atoms with Gasteiger partial charge in [-0.15, -0.1) is 0 Å². The smallest absolute Gasteiger partial charge is 0.203 e. The fourth-order valence-corrected chi connectivity index (χ4v) is 1.19.